The number of amides is 2. The van der Waals surface area contributed by atoms with Crippen LogP contribution in [0.2, 0.25) is 0 Å². The Labute approximate surface area is 139 Å². The lowest BCUT2D eigenvalue weighted by molar-refractivity contribution is -0.384. The lowest BCUT2D eigenvalue weighted by atomic mass is 10.2. The van der Waals surface area contributed by atoms with Crippen molar-refractivity contribution in [1.29, 1.82) is 0 Å². The number of carbonyl (C=O) groups excluding carboxylic acids is 2. The number of aliphatic hydroxyl groups excluding tert-OH is 1. The minimum atomic E-state index is -2.77. The summed E-state index contributed by atoms with van der Waals surface area (Å²) in [7, 11) is 0. The van der Waals surface area contributed by atoms with Crippen LogP contribution >= 0.6 is 0 Å². The molecular weight excluding hydrogens is 344 g/mol. The predicted molar refractivity (Wildman–Crippen MR) is 80.1 cm³/mol. The van der Waals surface area contributed by atoms with Crippen molar-refractivity contribution in [2.45, 2.75) is 6.43 Å². The number of nitro groups is 1. The second-order valence-electron chi connectivity index (χ2n) is 4.84. The smallest absolute Gasteiger partial charge is 0.277 e. The van der Waals surface area contributed by atoms with E-state index >= 15 is 0 Å². The molecule has 0 fully saturated rings. The number of nitro benzene ring substituents is 1. The number of anilines is 1. The quantitative estimate of drug-likeness (QED) is 0.402. The van der Waals surface area contributed by atoms with E-state index in [-0.39, 0.29) is 29.4 Å². The molecule has 0 unspecified atom stereocenters. The molecule has 1 aromatic carbocycles. The van der Waals surface area contributed by atoms with Gasteiger partial charge in [0, 0.05) is 18.2 Å². The maximum absolute atomic E-state index is 12.3. The maximum atomic E-state index is 12.3. The molecular formula is C14H13F2N3O6. The highest BCUT2D eigenvalue weighted by molar-refractivity contribution is 6.17. The number of alkyl halides is 2. The summed E-state index contributed by atoms with van der Waals surface area (Å²) in [5.74, 6) is -1.58. The Kier molecular flexibility index (Phi) is 5.60. The van der Waals surface area contributed by atoms with E-state index < -0.39 is 36.4 Å². The fraction of sp³-hybridized carbons (Fsp3) is 0.286. The van der Waals surface area contributed by atoms with Gasteiger partial charge in [0.15, 0.2) is 0 Å². The van der Waals surface area contributed by atoms with Crippen molar-refractivity contribution in [2.75, 3.05) is 25.1 Å². The summed E-state index contributed by atoms with van der Waals surface area (Å²) >= 11 is 0. The summed E-state index contributed by atoms with van der Waals surface area (Å²) in [4.78, 5) is 34.7. The van der Waals surface area contributed by atoms with Crippen LogP contribution in [0.25, 0.3) is 0 Å². The predicted octanol–water partition coefficient (Wildman–Crippen LogP) is 0.896. The number of halogens is 2. The van der Waals surface area contributed by atoms with Crippen LogP contribution in [0.1, 0.15) is 0 Å². The molecule has 134 valence electrons. The highest BCUT2D eigenvalue weighted by atomic mass is 19.3. The highest BCUT2D eigenvalue weighted by Gasteiger charge is 2.31. The lowest BCUT2D eigenvalue weighted by Crippen LogP contribution is -2.34. The monoisotopic (exact) mass is 357 g/mol. The van der Waals surface area contributed by atoms with E-state index in [2.05, 4.69) is 5.32 Å². The van der Waals surface area contributed by atoms with Gasteiger partial charge >= 0.3 is 0 Å². The number of hydrogen-bond acceptors (Lipinski definition) is 7. The third-order valence-corrected chi connectivity index (χ3v) is 3.14. The summed E-state index contributed by atoms with van der Waals surface area (Å²) in [5.41, 5.74) is -0.703. The summed E-state index contributed by atoms with van der Waals surface area (Å²) in [6, 6.07) is 3.16. The zero-order valence-corrected chi connectivity index (χ0v) is 12.6. The molecule has 0 saturated carbocycles. The molecule has 0 aromatic heterocycles. The molecule has 25 heavy (non-hydrogen) atoms. The summed E-state index contributed by atoms with van der Waals surface area (Å²) < 4.78 is 29.5. The van der Waals surface area contributed by atoms with Crippen LogP contribution in [0, 0.1) is 10.1 Å². The lowest BCUT2D eigenvalue weighted by Gasteiger charge is -2.15. The second kappa shape index (κ2) is 7.66. The van der Waals surface area contributed by atoms with Gasteiger partial charge in [0.25, 0.3) is 23.9 Å². The first kappa shape index (κ1) is 18.3. The van der Waals surface area contributed by atoms with Crippen molar-refractivity contribution in [1.82, 2.24) is 4.90 Å². The number of rotatable bonds is 8. The van der Waals surface area contributed by atoms with Gasteiger partial charge in [-0.2, -0.15) is 0 Å². The summed E-state index contributed by atoms with van der Waals surface area (Å²) in [5, 5.41) is 22.2. The van der Waals surface area contributed by atoms with Gasteiger partial charge in [-0.05, 0) is 6.07 Å². The number of hydrogen-bond donors (Lipinski definition) is 2. The van der Waals surface area contributed by atoms with Crippen LogP contribution in [-0.4, -0.2) is 52.9 Å². The van der Waals surface area contributed by atoms with Crippen molar-refractivity contribution in [3.05, 3.63) is 40.1 Å². The molecule has 2 rings (SSSR count). The zero-order chi connectivity index (χ0) is 18.6. The molecule has 2 N–H and O–H groups in total. The van der Waals surface area contributed by atoms with Gasteiger partial charge in [0.1, 0.15) is 18.1 Å². The number of aliphatic hydroxyl groups is 1. The third kappa shape index (κ3) is 4.26. The molecule has 1 aromatic rings. The molecule has 0 bridgehead atoms. The third-order valence-electron chi connectivity index (χ3n) is 3.14. The van der Waals surface area contributed by atoms with Crippen LogP contribution in [0.3, 0.4) is 0 Å². The molecule has 0 spiro atoms. The minimum Gasteiger partial charge on any atom is -0.485 e. The van der Waals surface area contributed by atoms with Crippen molar-refractivity contribution in [3.8, 4) is 5.75 Å². The highest BCUT2D eigenvalue weighted by Crippen LogP contribution is 2.31. The molecule has 0 saturated heterocycles. The van der Waals surface area contributed by atoms with Gasteiger partial charge in [-0.1, -0.05) is 0 Å². The fourth-order valence-corrected chi connectivity index (χ4v) is 2.06. The first-order chi connectivity index (χ1) is 11.8. The van der Waals surface area contributed by atoms with Gasteiger partial charge in [-0.15, -0.1) is 0 Å². The zero-order valence-electron chi connectivity index (χ0n) is 12.6. The molecule has 1 heterocycles. The molecule has 0 atom stereocenters. The topological polar surface area (TPSA) is 122 Å². The van der Waals surface area contributed by atoms with Crippen molar-refractivity contribution in [2.24, 2.45) is 0 Å². The number of imide groups is 1. The van der Waals surface area contributed by atoms with Crippen LogP contribution in [0.15, 0.2) is 30.0 Å². The van der Waals surface area contributed by atoms with Gasteiger partial charge in [0.05, 0.1) is 23.8 Å². The van der Waals surface area contributed by atoms with Crippen molar-refractivity contribution < 1.29 is 33.1 Å². The van der Waals surface area contributed by atoms with Gasteiger partial charge < -0.3 is 15.2 Å². The molecule has 0 aliphatic carbocycles. The molecule has 0 radical (unpaired) electrons. The largest absolute Gasteiger partial charge is 0.485 e. The van der Waals surface area contributed by atoms with Crippen LogP contribution < -0.4 is 10.1 Å². The molecule has 11 heteroatoms. The van der Waals surface area contributed by atoms with E-state index in [4.69, 9.17) is 9.84 Å². The Balaban J connectivity index is 2.28. The SMILES string of the molecule is O=C1C=C(Nc2cc([N+](=O)[O-])ccc2OCC(F)F)C(=O)N1CCO. The average molecular weight is 357 g/mol. The van der Waals surface area contributed by atoms with E-state index in [1.54, 1.807) is 0 Å². The molecule has 1 aliphatic rings. The minimum absolute atomic E-state index is 0.118. The van der Waals surface area contributed by atoms with Crippen LogP contribution in [0.4, 0.5) is 20.2 Å². The number of nitrogens with zero attached hydrogens (tertiary/aromatic N) is 2. The van der Waals surface area contributed by atoms with E-state index in [1.165, 1.54) is 0 Å². The number of nitrogens with one attached hydrogen (secondary N) is 1. The van der Waals surface area contributed by atoms with E-state index in [0.29, 0.717) is 0 Å². The van der Waals surface area contributed by atoms with Crippen molar-refractivity contribution >= 4 is 23.2 Å². The Bertz CT molecular complexity index is 737. The average Bonchev–Trinajstić information content (AvgIpc) is 2.81. The van der Waals surface area contributed by atoms with Crippen LogP contribution in [0.5, 0.6) is 5.75 Å². The number of benzene rings is 1. The molecule has 9 nitrogen and oxygen atoms in total. The van der Waals surface area contributed by atoms with E-state index in [0.717, 1.165) is 29.2 Å². The van der Waals surface area contributed by atoms with E-state index in [9.17, 15) is 28.5 Å². The Morgan fingerprint density at radius 2 is 2.08 bits per heavy atom. The van der Waals surface area contributed by atoms with E-state index in [1.807, 2.05) is 0 Å². The fourth-order valence-electron chi connectivity index (χ4n) is 2.06. The molecule has 2 amide bonds. The van der Waals surface area contributed by atoms with Gasteiger partial charge in [-0.25, -0.2) is 8.78 Å². The maximum Gasteiger partial charge on any atom is 0.277 e. The Morgan fingerprint density at radius 3 is 2.68 bits per heavy atom. The summed E-state index contributed by atoms with van der Waals surface area (Å²) in [6.45, 7) is -1.60. The Hall–Kier alpha value is -3.08. The number of ether oxygens (including phenoxy) is 1. The number of non-ortho nitro benzene ring substituents is 1. The van der Waals surface area contributed by atoms with Crippen LogP contribution in [-0.2, 0) is 9.59 Å². The standard InChI is InChI=1S/C14H13F2N3O6/c15-12(16)7-25-11-2-1-8(19(23)24)5-9(11)17-10-6-13(21)18(3-4-20)14(10)22/h1-2,5-6,12,17,20H,3-4,7H2. The number of β-amino-alcohol motifs (C(OH)–C–C–N with tert-alkyl or cyclic N) is 1. The van der Waals surface area contributed by atoms with Crippen molar-refractivity contribution in [3.63, 3.8) is 0 Å². The second-order valence-corrected chi connectivity index (χ2v) is 4.84. The molecule has 1 aliphatic heterocycles. The first-order valence-electron chi connectivity index (χ1n) is 6.98. The Morgan fingerprint density at radius 1 is 1.36 bits per heavy atom. The first-order valence-corrected chi connectivity index (χ1v) is 6.98. The van der Waals surface area contributed by atoms with Gasteiger partial charge in [0.2, 0.25) is 0 Å². The summed E-state index contributed by atoms with van der Waals surface area (Å²) in [6.07, 6.45) is -1.83. The normalized spacial score (nSPS) is 14.1. The number of carbonyl (C=O) groups is 2. The van der Waals surface area contributed by atoms with Gasteiger partial charge in [-0.3, -0.25) is 24.6 Å².